The standard InChI is InChI=1S/C16H15N3O2S/c20-15(13-10-21-14-9-5-4-8-12(13)14)18-19-16(22)17-11-6-2-1-3-7-11/h1-9,13H,10H2,(H,18,20)(H2,17,19,22)/t13-/m1/s1. The number of hydrogen-bond donors (Lipinski definition) is 3. The summed E-state index contributed by atoms with van der Waals surface area (Å²) in [6, 6.07) is 17.0. The second-order valence-electron chi connectivity index (χ2n) is 4.84. The fourth-order valence-electron chi connectivity index (χ4n) is 2.27. The molecule has 0 saturated heterocycles. The van der Waals surface area contributed by atoms with Crippen molar-refractivity contribution in [1.82, 2.24) is 10.9 Å². The van der Waals surface area contributed by atoms with E-state index < -0.39 is 0 Å². The topological polar surface area (TPSA) is 62.4 Å². The van der Waals surface area contributed by atoms with Gasteiger partial charge in [-0.2, -0.15) is 0 Å². The predicted molar refractivity (Wildman–Crippen MR) is 88.6 cm³/mol. The van der Waals surface area contributed by atoms with Crippen LogP contribution in [0.1, 0.15) is 11.5 Å². The molecule has 1 amide bonds. The highest BCUT2D eigenvalue weighted by Gasteiger charge is 2.29. The molecule has 0 aliphatic carbocycles. The molecule has 0 fully saturated rings. The summed E-state index contributed by atoms with van der Waals surface area (Å²) >= 11 is 5.14. The van der Waals surface area contributed by atoms with Gasteiger partial charge in [0.05, 0.1) is 0 Å². The number of ether oxygens (including phenoxy) is 1. The predicted octanol–water partition coefficient (Wildman–Crippen LogP) is 2.18. The van der Waals surface area contributed by atoms with Crippen molar-refractivity contribution in [3.63, 3.8) is 0 Å². The maximum Gasteiger partial charge on any atom is 0.249 e. The molecule has 2 aromatic carbocycles. The minimum absolute atomic E-state index is 0.179. The largest absolute Gasteiger partial charge is 0.492 e. The van der Waals surface area contributed by atoms with Gasteiger partial charge in [0.15, 0.2) is 5.11 Å². The van der Waals surface area contributed by atoms with Crippen LogP contribution in [0.4, 0.5) is 5.69 Å². The van der Waals surface area contributed by atoms with Crippen molar-refractivity contribution in [2.24, 2.45) is 0 Å². The number of amides is 1. The van der Waals surface area contributed by atoms with E-state index >= 15 is 0 Å². The van der Waals surface area contributed by atoms with Crippen LogP contribution in [0.5, 0.6) is 5.75 Å². The van der Waals surface area contributed by atoms with E-state index in [2.05, 4.69) is 16.2 Å². The molecule has 0 aromatic heterocycles. The van der Waals surface area contributed by atoms with E-state index in [0.29, 0.717) is 11.7 Å². The Balaban J connectivity index is 1.54. The van der Waals surface area contributed by atoms with Crippen LogP contribution in [0.25, 0.3) is 0 Å². The van der Waals surface area contributed by atoms with Gasteiger partial charge in [0.1, 0.15) is 18.3 Å². The van der Waals surface area contributed by atoms with Crippen molar-refractivity contribution in [3.8, 4) is 5.75 Å². The van der Waals surface area contributed by atoms with Gasteiger partial charge in [0, 0.05) is 11.3 Å². The van der Waals surface area contributed by atoms with Gasteiger partial charge in [-0.25, -0.2) is 0 Å². The highest BCUT2D eigenvalue weighted by Crippen LogP contribution is 2.33. The van der Waals surface area contributed by atoms with Crippen LogP contribution in [-0.2, 0) is 4.79 Å². The van der Waals surface area contributed by atoms with E-state index in [0.717, 1.165) is 17.0 Å². The highest BCUT2D eigenvalue weighted by molar-refractivity contribution is 7.80. The maximum absolute atomic E-state index is 12.2. The molecule has 5 nitrogen and oxygen atoms in total. The van der Waals surface area contributed by atoms with Crippen molar-refractivity contribution in [2.75, 3.05) is 11.9 Å². The van der Waals surface area contributed by atoms with E-state index in [4.69, 9.17) is 17.0 Å². The molecular weight excluding hydrogens is 298 g/mol. The minimum Gasteiger partial charge on any atom is -0.492 e. The molecule has 0 unspecified atom stereocenters. The van der Waals surface area contributed by atoms with E-state index in [9.17, 15) is 4.79 Å². The summed E-state index contributed by atoms with van der Waals surface area (Å²) < 4.78 is 5.50. The molecule has 1 atom stereocenters. The van der Waals surface area contributed by atoms with E-state index in [1.165, 1.54) is 0 Å². The van der Waals surface area contributed by atoms with Crippen molar-refractivity contribution < 1.29 is 9.53 Å². The molecule has 6 heteroatoms. The molecule has 2 aromatic rings. The number of anilines is 1. The molecule has 112 valence electrons. The van der Waals surface area contributed by atoms with Crippen molar-refractivity contribution >= 4 is 28.9 Å². The van der Waals surface area contributed by atoms with Crippen molar-refractivity contribution in [1.29, 1.82) is 0 Å². The van der Waals surface area contributed by atoms with Crippen molar-refractivity contribution in [2.45, 2.75) is 5.92 Å². The van der Waals surface area contributed by atoms with Gasteiger partial charge < -0.3 is 10.1 Å². The minimum atomic E-state index is -0.330. The van der Waals surface area contributed by atoms with Gasteiger partial charge in [0.25, 0.3) is 0 Å². The Morgan fingerprint density at radius 2 is 1.77 bits per heavy atom. The first-order valence-electron chi connectivity index (χ1n) is 6.87. The van der Waals surface area contributed by atoms with E-state index in [1.807, 2.05) is 54.6 Å². The number of carbonyl (C=O) groups is 1. The van der Waals surface area contributed by atoms with Gasteiger partial charge in [-0.05, 0) is 30.4 Å². The molecule has 1 heterocycles. The monoisotopic (exact) mass is 313 g/mol. The summed E-state index contributed by atoms with van der Waals surface area (Å²) in [5.74, 6) is 0.248. The first-order chi connectivity index (χ1) is 10.7. The van der Waals surface area contributed by atoms with Crippen LogP contribution in [0.15, 0.2) is 54.6 Å². The Labute approximate surface area is 133 Å². The number of carbonyl (C=O) groups excluding carboxylic acids is 1. The molecule has 3 rings (SSSR count). The lowest BCUT2D eigenvalue weighted by Crippen LogP contribution is -2.46. The summed E-state index contributed by atoms with van der Waals surface area (Å²) in [4.78, 5) is 12.2. The second kappa shape index (κ2) is 6.44. The SMILES string of the molecule is O=C(NNC(=S)Nc1ccccc1)[C@@H]1COc2ccccc21. The number of rotatable bonds is 2. The molecular formula is C16H15N3O2S. The van der Waals surface area contributed by atoms with Crippen LogP contribution < -0.4 is 20.9 Å². The number of hydrazine groups is 1. The van der Waals surface area contributed by atoms with Crippen LogP contribution in [-0.4, -0.2) is 17.6 Å². The summed E-state index contributed by atoms with van der Waals surface area (Å²) in [5, 5.41) is 3.31. The van der Waals surface area contributed by atoms with Gasteiger partial charge >= 0.3 is 0 Å². The quantitative estimate of drug-likeness (QED) is 0.586. The Bertz CT molecular complexity index is 691. The zero-order chi connectivity index (χ0) is 15.4. The summed E-state index contributed by atoms with van der Waals surface area (Å²) in [5.41, 5.74) is 7.06. The fraction of sp³-hybridized carbons (Fsp3) is 0.125. The number of thiocarbonyl (C=S) groups is 1. The first-order valence-corrected chi connectivity index (χ1v) is 7.28. The third-order valence-corrected chi connectivity index (χ3v) is 3.55. The Morgan fingerprint density at radius 1 is 1.05 bits per heavy atom. The van der Waals surface area contributed by atoms with Gasteiger partial charge in [-0.3, -0.25) is 15.6 Å². The Hall–Kier alpha value is -2.60. The number of fused-ring (bicyclic) bond motifs is 1. The summed E-state index contributed by atoms with van der Waals surface area (Å²) in [7, 11) is 0. The summed E-state index contributed by atoms with van der Waals surface area (Å²) in [6.45, 7) is 0.339. The molecule has 0 radical (unpaired) electrons. The molecule has 1 aliphatic heterocycles. The lowest BCUT2D eigenvalue weighted by atomic mass is 10.0. The van der Waals surface area contributed by atoms with Crippen LogP contribution >= 0.6 is 12.2 Å². The smallest absolute Gasteiger partial charge is 0.249 e. The van der Waals surface area contributed by atoms with Crippen LogP contribution in [0.3, 0.4) is 0 Å². The first kappa shape index (κ1) is 14.3. The number of nitrogens with one attached hydrogen (secondary N) is 3. The maximum atomic E-state index is 12.2. The zero-order valence-corrected chi connectivity index (χ0v) is 12.5. The van der Waals surface area contributed by atoms with E-state index in [1.54, 1.807) is 0 Å². The summed E-state index contributed by atoms with van der Waals surface area (Å²) in [6.07, 6.45) is 0. The average molecular weight is 313 g/mol. The zero-order valence-electron chi connectivity index (χ0n) is 11.7. The number of benzene rings is 2. The second-order valence-corrected chi connectivity index (χ2v) is 5.24. The molecule has 1 aliphatic rings. The normalized spacial score (nSPS) is 15.4. The van der Waals surface area contributed by atoms with Crippen LogP contribution in [0, 0.1) is 0 Å². The third-order valence-electron chi connectivity index (χ3n) is 3.35. The average Bonchev–Trinajstić information content (AvgIpc) is 2.98. The molecule has 0 bridgehead atoms. The lowest BCUT2D eigenvalue weighted by molar-refractivity contribution is -0.123. The molecule has 0 saturated carbocycles. The third kappa shape index (κ3) is 3.17. The lowest BCUT2D eigenvalue weighted by Gasteiger charge is -2.14. The number of hydrogen-bond acceptors (Lipinski definition) is 3. The molecule has 0 spiro atoms. The van der Waals surface area contributed by atoms with Crippen molar-refractivity contribution in [3.05, 3.63) is 60.2 Å². The molecule has 3 N–H and O–H groups in total. The fourth-order valence-corrected chi connectivity index (χ4v) is 2.44. The Morgan fingerprint density at radius 3 is 2.59 bits per heavy atom. The van der Waals surface area contributed by atoms with Crippen LogP contribution in [0.2, 0.25) is 0 Å². The van der Waals surface area contributed by atoms with Gasteiger partial charge in [-0.15, -0.1) is 0 Å². The van der Waals surface area contributed by atoms with E-state index in [-0.39, 0.29) is 11.8 Å². The molecule has 22 heavy (non-hydrogen) atoms. The highest BCUT2D eigenvalue weighted by atomic mass is 32.1. The number of para-hydroxylation sites is 2. The van der Waals surface area contributed by atoms with Gasteiger partial charge in [-0.1, -0.05) is 36.4 Å². The Kier molecular flexibility index (Phi) is 4.20. The van der Waals surface area contributed by atoms with Gasteiger partial charge in [0.2, 0.25) is 5.91 Å².